The quantitative estimate of drug-likeness (QED) is 0.430. The van der Waals surface area contributed by atoms with Crippen molar-refractivity contribution in [1.82, 2.24) is 9.99 Å². The summed E-state index contributed by atoms with van der Waals surface area (Å²) in [5.41, 5.74) is 2.24. The van der Waals surface area contributed by atoms with Crippen molar-refractivity contribution in [3.05, 3.63) is 70.5 Å². The molecule has 21 heavy (non-hydrogen) atoms. The predicted octanol–water partition coefficient (Wildman–Crippen LogP) is 1.25. The number of amides is 1. The van der Waals surface area contributed by atoms with Crippen LogP contribution in [0, 0.1) is 0 Å². The number of carbonyl (C=O) groups excluding carboxylic acids is 1. The zero-order chi connectivity index (χ0) is 14.8. The van der Waals surface area contributed by atoms with Gasteiger partial charge in [0.15, 0.2) is 0 Å². The summed E-state index contributed by atoms with van der Waals surface area (Å²) in [6, 6.07) is 10.8. The highest BCUT2D eigenvalue weighted by atomic mass is 16.3. The van der Waals surface area contributed by atoms with Crippen molar-refractivity contribution in [2.24, 2.45) is 5.84 Å². The van der Waals surface area contributed by atoms with Gasteiger partial charge in [0.2, 0.25) is 0 Å². The molecule has 0 saturated carbocycles. The third kappa shape index (κ3) is 2.44. The summed E-state index contributed by atoms with van der Waals surface area (Å²) < 4.78 is 6.82. The molecule has 1 amide bonds. The van der Waals surface area contributed by atoms with E-state index in [4.69, 9.17) is 10.3 Å². The highest BCUT2D eigenvalue weighted by molar-refractivity contribution is 5.93. The second-order valence-electron chi connectivity index (χ2n) is 4.61. The van der Waals surface area contributed by atoms with Gasteiger partial charge in [-0.2, -0.15) is 0 Å². The van der Waals surface area contributed by atoms with E-state index in [0.29, 0.717) is 16.7 Å². The highest BCUT2D eigenvalue weighted by Gasteiger charge is 2.10. The van der Waals surface area contributed by atoms with E-state index in [1.807, 2.05) is 29.7 Å². The van der Waals surface area contributed by atoms with Gasteiger partial charge in [0, 0.05) is 11.6 Å². The molecule has 106 valence electrons. The molecule has 2 heterocycles. The Morgan fingerprint density at radius 2 is 2.10 bits per heavy atom. The second-order valence-corrected chi connectivity index (χ2v) is 4.61. The van der Waals surface area contributed by atoms with Crippen molar-refractivity contribution in [2.75, 3.05) is 0 Å². The SMILES string of the molecule is NNC(=O)c1coc(Cn2ccc3ccccc3c2=O)c1. The Bertz CT molecular complexity index is 864. The maximum absolute atomic E-state index is 12.4. The van der Waals surface area contributed by atoms with Crippen molar-refractivity contribution < 1.29 is 9.21 Å². The summed E-state index contributed by atoms with van der Waals surface area (Å²) in [5, 5.41) is 1.54. The molecule has 0 spiro atoms. The number of benzene rings is 1. The number of nitrogens with one attached hydrogen (secondary N) is 1. The topological polar surface area (TPSA) is 90.3 Å². The monoisotopic (exact) mass is 283 g/mol. The van der Waals surface area contributed by atoms with Crippen LogP contribution in [-0.2, 0) is 6.54 Å². The number of fused-ring (bicyclic) bond motifs is 1. The number of aromatic nitrogens is 1. The van der Waals surface area contributed by atoms with E-state index >= 15 is 0 Å². The minimum Gasteiger partial charge on any atom is -0.467 e. The van der Waals surface area contributed by atoms with Crippen LogP contribution in [0.1, 0.15) is 16.1 Å². The van der Waals surface area contributed by atoms with Gasteiger partial charge in [0.1, 0.15) is 12.0 Å². The Morgan fingerprint density at radius 3 is 2.90 bits per heavy atom. The van der Waals surface area contributed by atoms with E-state index in [1.165, 1.54) is 10.8 Å². The van der Waals surface area contributed by atoms with Gasteiger partial charge >= 0.3 is 0 Å². The molecule has 6 nitrogen and oxygen atoms in total. The minimum absolute atomic E-state index is 0.102. The lowest BCUT2D eigenvalue weighted by Crippen LogP contribution is -2.29. The first-order valence-electron chi connectivity index (χ1n) is 6.35. The number of hydrogen-bond acceptors (Lipinski definition) is 4. The molecule has 0 radical (unpaired) electrons. The molecular weight excluding hydrogens is 270 g/mol. The van der Waals surface area contributed by atoms with Crippen molar-refractivity contribution in [3.63, 3.8) is 0 Å². The second kappa shape index (κ2) is 5.26. The molecule has 0 aliphatic rings. The van der Waals surface area contributed by atoms with Crippen molar-refractivity contribution in [1.29, 1.82) is 0 Å². The van der Waals surface area contributed by atoms with Crippen LogP contribution in [0.4, 0.5) is 0 Å². The molecule has 6 heteroatoms. The minimum atomic E-state index is -0.434. The zero-order valence-electron chi connectivity index (χ0n) is 11.1. The summed E-state index contributed by atoms with van der Waals surface area (Å²) in [4.78, 5) is 23.7. The summed E-state index contributed by atoms with van der Waals surface area (Å²) in [5.74, 6) is 5.13. The van der Waals surface area contributed by atoms with Gasteiger partial charge in [-0.1, -0.05) is 18.2 Å². The molecular formula is C15H13N3O3. The van der Waals surface area contributed by atoms with Crippen LogP contribution in [0.25, 0.3) is 10.8 Å². The van der Waals surface area contributed by atoms with E-state index in [9.17, 15) is 9.59 Å². The van der Waals surface area contributed by atoms with E-state index in [0.717, 1.165) is 5.39 Å². The molecule has 0 aliphatic heterocycles. The molecule has 0 fully saturated rings. The number of hydrogen-bond donors (Lipinski definition) is 2. The molecule has 2 aromatic heterocycles. The summed E-state index contributed by atoms with van der Waals surface area (Å²) in [7, 11) is 0. The smallest absolute Gasteiger partial charge is 0.268 e. The predicted molar refractivity (Wildman–Crippen MR) is 77.7 cm³/mol. The number of furan rings is 1. The number of nitrogens with two attached hydrogens (primary N) is 1. The van der Waals surface area contributed by atoms with Gasteiger partial charge in [-0.3, -0.25) is 15.0 Å². The van der Waals surface area contributed by atoms with E-state index in [1.54, 1.807) is 18.3 Å². The first kappa shape index (κ1) is 13.1. The number of nitrogen functional groups attached to an aromatic ring is 1. The molecule has 0 bridgehead atoms. The fourth-order valence-electron chi connectivity index (χ4n) is 2.19. The molecule has 0 saturated heterocycles. The average molecular weight is 283 g/mol. The van der Waals surface area contributed by atoms with Crippen molar-refractivity contribution in [3.8, 4) is 0 Å². The number of carbonyl (C=O) groups is 1. The third-order valence-electron chi connectivity index (χ3n) is 3.26. The molecule has 0 aliphatic carbocycles. The highest BCUT2D eigenvalue weighted by Crippen LogP contribution is 2.11. The Hall–Kier alpha value is -2.86. The molecule has 1 aromatic carbocycles. The zero-order valence-corrected chi connectivity index (χ0v) is 11.1. The van der Waals surface area contributed by atoms with Crippen molar-refractivity contribution >= 4 is 16.7 Å². The lowest BCUT2D eigenvalue weighted by molar-refractivity contribution is 0.0953. The Morgan fingerprint density at radius 1 is 1.29 bits per heavy atom. The van der Waals surface area contributed by atoms with Gasteiger partial charge in [-0.05, 0) is 23.6 Å². The molecule has 3 N–H and O–H groups in total. The largest absolute Gasteiger partial charge is 0.467 e. The first-order valence-corrected chi connectivity index (χ1v) is 6.35. The third-order valence-corrected chi connectivity index (χ3v) is 3.26. The van der Waals surface area contributed by atoms with Gasteiger partial charge in [0.25, 0.3) is 11.5 Å². The first-order chi connectivity index (χ1) is 10.2. The van der Waals surface area contributed by atoms with Crippen LogP contribution in [0.15, 0.2) is 58.1 Å². The van der Waals surface area contributed by atoms with Crippen LogP contribution in [-0.4, -0.2) is 10.5 Å². The summed E-state index contributed by atoms with van der Waals surface area (Å²) in [6.45, 7) is 0.252. The number of rotatable bonds is 3. The Kier molecular flexibility index (Phi) is 3.29. The van der Waals surface area contributed by atoms with Gasteiger partial charge in [-0.15, -0.1) is 0 Å². The van der Waals surface area contributed by atoms with Gasteiger partial charge in [0.05, 0.1) is 12.1 Å². The fraction of sp³-hybridized carbons (Fsp3) is 0.0667. The van der Waals surface area contributed by atoms with E-state index in [-0.39, 0.29) is 12.1 Å². The van der Waals surface area contributed by atoms with Crippen molar-refractivity contribution in [2.45, 2.75) is 6.54 Å². The van der Waals surface area contributed by atoms with Crippen LogP contribution < -0.4 is 16.8 Å². The molecule has 3 aromatic rings. The fourth-order valence-corrected chi connectivity index (χ4v) is 2.19. The standard InChI is InChI=1S/C15H13N3O3/c16-17-14(19)11-7-12(21-9-11)8-18-6-5-10-3-1-2-4-13(10)15(18)20/h1-7,9H,8,16H2,(H,17,19). The van der Waals surface area contributed by atoms with E-state index < -0.39 is 5.91 Å². The maximum atomic E-state index is 12.4. The van der Waals surface area contributed by atoms with E-state index in [2.05, 4.69) is 0 Å². The van der Waals surface area contributed by atoms with Crippen LogP contribution in [0.3, 0.4) is 0 Å². The van der Waals surface area contributed by atoms with Gasteiger partial charge < -0.3 is 8.98 Å². The lowest BCUT2D eigenvalue weighted by Gasteiger charge is -2.05. The molecule has 0 unspecified atom stereocenters. The number of hydrazine groups is 1. The van der Waals surface area contributed by atoms with Gasteiger partial charge in [-0.25, -0.2) is 5.84 Å². The van der Waals surface area contributed by atoms with Crippen LogP contribution in [0.5, 0.6) is 0 Å². The molecule has 3 rings (SSSR count). The lowest BCUT2D eigenvalue weighted by atomic mass is 10.2. The Balaban J connectivity index is 1.95. The normalized spacial score (nSPS) is 10.7. The summed E-state index contributed by atoms with van der Waals surface area (Å²) >= 11 is 0. The number of pyridine rings is 1. The Labute approximate surface area is 119 Å². The van der Waals surface area contributed by atoms with Crippen LogP contribution in [0.2, 0.25) is 0 Å². The number of nitrogens with zero attached hydrogens (tertiary/aromatic N) is 1. The average Bonchev–Trinajstić information content (AvgIpc) is 2.98. The van der Waals surface area contributed by atoms with Crippen LogP contribution >= 0.6 is 0 Å². The maximum Gasteiger partial charge on any atom is 0.268 e. The summed E-state index contributed by atoms with van der Waals surface area (Å²) in [6.07, 6.45) is 3.01. The molecule has 0 atom stereocenters.